The zero-order valence-corrected chi connectivity index (χ0v) is 7.26. The summed E-state index contributed by atoms with van der Waals surface area (Å²) < 4.78 is 0. The van der Waals surface area contributed by atoms with Crippen molar-refractivity contribution in [2.75, 3.05) is 0 Å². The summed E-state index contributed by atoms with van der Waals surface area (Å²) in [6.07, 6.45) is 2.55. The van der Waals surface area contributed by atoms with E-state index in [1.807, 2.05) is 13.0 Å². The average molecular weight is 168 g/mol. The van der Waals surface area contributed by atoms with E-state index >= 15 is 0 Å². The second kappa shape index (κ2) is 2.73. The molecule has 0 amide bonds. The van der Waals surface area contributed by atoms with Gasteiger partial charge in [-0.3, -0.25) is 9.59 Å². The van der Waals surface area contributed by atoms with Crippen LogP contribution in [0.2, 0.25) is 0 Å². The molecule has 0 saturated heterocycles. The Labute approximate surface area is 71.1 Å². The first-order valence-electron chi connectivity index (χ1n) is 3.89. The molecule has 1 aliphatic rings. The topological polar surface area (TPSA) is 54.4 Å². The standard InChI is InChI=1S/C9H12O3/c1-6-3-4-9(5-6,7(2)10)8(11)12/h3H,4-5H2,1-2H3,(H,11,12). The van der Waals surface area contributed by atoms with Gasteiger partial charge in [0.25, 0.3) is 0 Å². The molecule has 0 saturated carbocycles. The molecule has 1 aliphatic carbocycles. The summed E-state index contributed by atoms with van der Waals surface area (Å²) in [5, 5.41) is 8.90. The van der Waals surface area contributed by atoms with Crippen LogP contribution in [-0.4, -0.2) is 16.9 Å². The van der Waals surface area contributed by atoms with E-state index < -0.39 is 11.4 Å². The molecule has 1 N–H and O–H groups in total. The molecule has 0 aromatic rings. The quantitative estimate of drug-likeness (QED) is 0.500. The number of rotatable bonds is 2. The Bertz CT molecular complexity index is 249. The lowest BCUT2D eigenvalue weighted by Crippen LogP contribution is -2.35. The molecular weight excluding hydrogens is 156 g/mol. The van der Waals surface area contributed by atoms with E-state index in [-0.39, 0.29) is 5.78 Å². The number of carbonyl (C=O) groups is 2. The molecule has 0 aliphatic heterocycles. The van der Waals surface area contributed by atoms with Gasteiger partial charge in [-0.2, -0.15) is 0 Å². The minimum atomic E-state index is -1.15. The third kappa shape index (κ3) is 1.15. The van der Waals surface area contributed by atoms with Gasteiger partial charge < -0.3 is 5.11 Å². The Morgan fingerprint density at radius 3 is 2.33 bits per heavy atom. The molecule has 0 spiro atoms. The fourth-order valence-corrected chi connectivity index (χ4v) is 1.55. The summed E-state index contributed by atoms with van der Waals surface area (Å²) in [5.41, 5.74) is -0.156. The second-order valence-electron chi connectivity index (χ2n) is 3.37. The van der Waals surface area contributed by atoms with Crippen molar-refractivity contribution in [1.82, 2.24) is 0 Å². The normalized spacial score (nSPS) is 28.3. The van der Waals surface area contributed by atoms with E-state index in [1.165, 1.54) is 6.92 Å². The summed E-state index contributed by atoms with van der Waals surface area (Å²) in [6.45, 7) is 3.20. The summed E-state index contributed by atoms with van der Waals surface area (Å²) in [5.74, 6) is -1.24. The van der Waals surface area contributed by atoms with Crippen LogP contribution in [0.25, 0.3) is 0 Å². The van der Waals surface area contributed by atoms with Gasteiger partial charge in [0.2, 0.25) is 0 Å². The van der Waals surface area contributed by atoms with Crippen molar-refractivity contribution >= 4 is 11.8 Å². The highest BCUT2D eigenvalue weighted by Gasteiger charge is 2.45. The molecule has 1 rings (SSSR count). The molecule has 0 heterocycles. The van der Waals surface area contributed by atoms with Gasteiger partial charge in [-0.15, -0.1) is 0 Å². The van der Waals surface area contributed by atoms with Crippen molar-refractivity contribution < 1.29 is 14.7 Å². The predicted molar refractivity (Wildman–Crippen MR) is 43.7 cm³/mol. The molecule has 0 bridgehead atoms. The fraction of sp³-hybridized carbons (Fsp3) is 0.556. The van der Waals surface area contributed by atoms with Crippen molar-refractivity contribution in [2.45, 2.75) is 26.7 Å². The lowest BCUT2D eigenvalue weighted by Gasteiger charge is -2.20. The Hall–Kier alpha value is -1.12. The zero-order valence-electron chi connectivity index (χ0n) is 7.26. The lowest BCUT2D eigenvalue weighted by molar-refractivity contribution is -0.153. The van der Waals surface area contributed by atoms with E-state index in [9.17, 15) is 9.59 Å². The number of aliphatic carboxylic acids is 1. The molecule has 3 heteroatoms. The van der Waals surface area contributed by atoms with E-state index in [0.717, 1.165) is 5.57 Å². The predicted octanol–water partition coefficient (Wildman–Crippen LogP) is 1.39. The Balaban J connectivity index is 2.94. The van der Waals surface area contributed by atoms with Crippen LogP contribution in [0.15, 0.2) is 11.6 Å². The van der Waals surface area contributed by atoms with Crippen LogP contribution in [0.1, 0.15) is 26.7 Å². The number of hydrogen-bond acceptors (Lipinski definition) is 2. The zero-order chi connectivity index (χ0) is 9.35. The monoisotopic (exact) mass is 168 g/mol. The van der Waals surface area contributed by atoms with Gasteiger partial charge in [-0.05, 0) is 26.7 Å². The van der Waals surface area contributed by atoms with Crippen LogP contribution in [-0.2, 0) is 9.59 Å². The largest absolute Gasteiger partial charge is 0.480 e. The van der Waals surface area contributed by atoms with Gasteiger partial charge in [-0.25, -0.2) is 0 Å². The first kappa shape index (κ1) is 8.97. The number of allylic oxidation sites excluding steroid dienone is 2. The van der Waals surface area contributed by atoms with Crippen molar-refractivity contribution in [2.24, 2.45) is 5.41 Å². The Morgan fingerprint density at radius 1 is 1.58 bits per heavy atom. The van der Waals surface area contributed by atoms with E-state index in [2.05, 4.69) is 0 Å². The minimum absolute atomic E-state index is 0.247. The minimum Gasteiger partial charge on any atom is -0.480 e. The molecule has 0 radical (unpaired) electrons. The summed E-state index contributed by atoms with van der Waals surface area (Å²) in [6, 6.07) is 0. The summed E-state index contributed by atoms with van der Waals surface area (Å²) in [7, 11) is 0. The van der Waals surface area contributed by atoms with Crippen molar-refractivity contribution in [3.8, 4) is 0 Å². The third-order valence-corrected chi connectivity index (χ3v) is 2.46. The number of carboxylic acids is 1. The van der Waals surface area contributed by atoms with Crippen molar-refractivity contribution in [1.29, 1.82) is 0 Å². The van der Waals surface area contributed by atoms with E-state index in [0.29, 0.717) is 12.8 Å². The molecule has 66 valence electrons. The second-order valence-corrected chi connectivity index (χ2v) is 3.37. The van der Waals surface area contributed by atoms with Crippen molar-refractivity contribution in [3.05, 3.63) is 11.6 Å². The number of carbonyl (C=O) groups excluding carboxylic acids is 1. The number of ketones is 1. The van der Waals surface area contributed by atoms with Gasteiger partial charge in [0.05, 0.1) is 0 Å². The first-order valence-corrected chi connectivity index (χ1v) is 3.89. The molecule has 0 fully saturated rings. The molecule has 3 nitrogen and oxygen atoms in total. The molecule has 12 heavy (non-hydrogen) atoms. The Kier molecular flexibility index (Phi) is 2.04. The summed E-state index contributed by atoms with van der Waals surface area (Å²) in [4.78, 5) is 22.0. The molecular formula is C9H12O3. The maximum atomic E-state index is 11.1. The maximum Gasteiger partial charge on any atom is 0.317 e. The van der Waals surface area contributed by atoms with Gasteiger partial charge in [0.1, 0.15) is 11.2 Å². The van der Waals surface area contributed by atoms with Crippen LogP contribution in [0.3, 0.4) is 0 Å². The third-order valence-electron chi connectivity index (χ3n) is 2.46. The summed E-state index contributed by atoms with van der Waals surface area (Å²) >= 11 is 0. The number of hydrogen-bond donors (Lipinski definition) is 1. The van der Waals surface area contributed by atoms with E-state index in [4.69, 9.17) is 5.11 Å². The number of carboxylic acid groups (broad SMARTS) is 1. The van der Waals surface area contributed by atoms with Gasteiger partial charge >= 0.3 is 5.97 Å². The van der Waals surface area contributed by atoms with Crippen molar-refractivity contribution in [3.63, 3.8) is 0 Å². The Morgan fingerprint density at radius 2 is 2.17 bits per heavy atom. The van der Waals surface area contributed by atoms with Crippen LogP contribution in [0.5, 0.6) is 0 Å². The van der Waals surface area contributed by atoms with Crippen LogP contribution < -0.4 is 0 Å². The van der Waals surface area contributed by atoms with Crippen LogP contribution in [0, 0.1) is 5.41 Å². The molecule has 1 unspecified atom stereocenters. The van der Waals surface area contributed by atoms with Gasteiger partial charge in [0, 0.05) is 0 Å². The highest BCUT2D eigenvalue weighted by Crippen LogP contribution is 2.38. The van der Waals surface area contributed by atoms with E-state index in [1.54, 1.807) is 0 Å². The van der Waals surface area contributed by atoms with Crippen LogP contribution in [0.4, 0.5) is 0 Å². The average Bonchev–Trinajstić information content (AvgIpc) is 2.32. The maximum absolute atomic E-state index is 11.1. The van der Waals surface area contributed by atoms with Crippen LogP contribution >= 0.6 is 0 Å². The fourth-order valence-electron chi connectivity index (χ4n) is 1.55. The smallest absolute Gasteiger partial charge is 0.317 e. The highest BCUT2D eigenvalue weighted by molar-refractivity contribution is 6.02. The molecule has 0 aromatic heterocycles. The lowest BCUT2D eigenvalue weighted by atomic mass is 9.81. The SMILES string of the molecule is CC(=O)C1(C(=O)O)CC=C(C)C1. The molecule has 1 atom stereocenters. The first-order chi connectivity index (χ1) is 5.49. The molecule has 0 aromatic carbocycles. The number of Topliss-reactive ketones (excluding diaryl/α,β-unsaturated/α-hetero) is 1. The van der Waals surface area contributed by atoms with Gasteiger partial charge in [-0.1, -0.05) is 11.6 Å². The van der Waals surface area contributed by atoms with Gasteiger partial charge in [0.15, 0.2) is 0 Å². The highest BCUT2D eigenvalue weighted by atomic mass is 16.4.